The molecule has 25 heavy (non-hydrogen) atoms. The summed E-state index contributed by atoms with van der Waals surface area (Å²) in [5, 5.41) is 0.626. The average molecular weight is 357 g/mol. The van der Waals surface area contributed by atoms with Gasteiger partial charge in [-0.3, -0.25) is 9.59 Å². The predicted octanol–water partition coefficient (Wildman–Crippen LogP) is 3.66. The lowest BCUT2D eigenvalue weighted by molar-refractivity contribution is -0.139. The zero-order valence-electron chi connectivity index (χ0n) is 14.4. The summed E-state index contributed by atoms with van der Waals surface area (Å²) in [5.74, 6) is -0.895. The van der Waals surface area contributed by atoms with E-state index in [0.717, 1.165) is 16.8 Å². The first-order chi connectivity index (χ1) is 12.0. The smallest absolute Gasteiger partial charge is 0.239 e. The summed E-state index contributed by atoms with van der Waals surface area (Å²) >= 11 is 6.17. The molecule has 4 nitrogen and oxygen atoms in total. The van der Waals surface area contributed by atoms with Gasteiger partial charge in [0.1, 0.15) is 5.92 Å². The van der Waals surface area contributed by atoms with Gasteiger partial charge in [-0.1, -0.05) is 48.0 Å². The van der Waals surface area contributed by atoms with Crippen molar-refractivity contribution in [2.24, 2.45) is 5.92 Å². The molecular formula is C20H21ClN2O2. The minimum Gasteiger partial charge on any atom is -0.341 e. The zero-order valence-corrected chi connectivity index (χ0v) is 15.2. The third kappa shape index (κ3) is 3.69. The van der Waals surface area contributed by atoms with Crippen LogP contribution >= 0.6 is 11.6 Å². The van der Waals surface area contributed by atoms with Gasteiger partial charge in [0, 0.05) is 30.8 Å². The van der Waals surface area contributed by atoms with E-state index in [4.69, 9.17) is 11.6 Å². The maximum absolute atomic E-state index is 12.7. The maximum atomic E-state index is 12.7. The van der Waals surface area contributed by atoms with Gasteiger partial charge in [-0.15, -0.1) is 0 Å². The van der Waals surface area contributed by atoms with Crippen molar-refractivity contribution in [3.8, 4) is 0 Å². The third-order valence-electron chi connectivity index (χ3n) is 4.61. The normalized spacial score (nSPS) is 17.0. The van der Waals surface area contributed by atoms with Crippen molar-refractivity contribution in [1.29, 1.82) is 0 Å². The minimum atomic E-state index is -0.617. The number of halogens is 1. The number of carbonyl (C=O) groups is 2. The second-order valence-corrected chi connectivity index (χ2v) is 6.85. The summed E-state index contributed by atoms with van der Waals surface area (Å²) in [5.41, 5.74) is 2.76. The average Bonchev–Trinajstić information content (AvgIpc) is 2.99. The fourth-order valence-corrected chi connectivity index (χ4v) is 3.29. The van der Waals surface area contributed by atoms with Gasteiger partial charge in [0.25, 0.3) is 0 Å². The SMILES string of the molecule is Cc1ccc(N2CC[C@H](C(=O)N(C)Cc3ccccc3)C2=O)cc1Cl. The number of anilines is 1. The Balaban J connectivity index is 1.70. The fraction of sp³-hybridized carbons (Fsp3) is 0.300. The highest BCUT2D eigenvalue weighted by molar-refractivity contribution is 6.31. The number of amides is 2. The number of benzene rings is 2. The lowest BCUT2D eigenvalue weighted by Gasteiger charge is -2.21. The van der Waals surface area contributed by atoms with Crippen molar-refractivity contribution >= 4 is 29.1 Å². The van der Waals surface area contributed by atoms with Crippen LogP contribution in [-0.2, 0) is 16.1 Å². The highest BCUT2D eigenvalue weighted by Gasteiger charge is 2.39. The van der Waals surface area contributed by atoms with Crippen molar-refractivity contribution in [1.82, 2.24) is 4.90 Å². The highest BCUT2D eigenvalue weighted by Crippen LogP contribution is 2.29. The van der Waals surface area contributed by atoms with Crippen molar-refractivity contribution in [2.45, 2.75) is 19.9 Å². The van der Waals surface area contributed by atoms with Crippen LogP contribution < -0.4 is 4.90 Å². The molecule has 1 atom stereocenters. The molecule has 0 N–H and O–H groups in total. The van der Waals surface area contributed by atoms with E-state index in [1.54, 1.807) is 22.9 Å². The predicted molar refractivity (Wildman–Crippen MR) is 99.6 cm³/mol. The molecule has 2 aromatic rings. The third-order valence-corrected chi connectivity index (χ3v) is 5.02. The summed E-state index contributed by atoms with van der Waals surface area (Å²) in [6, 6.07) is 15.3. The molecule has 0 spiro atoms. The topological polar surface area (TPSA) is 40.6 Å². The Kier molecular flexibility index (Phi) is 5.09. The van der Waals surface area contributed by atoms with Crippen LogP contribution in [0.15, 0.2) is 48.5 Å². The van der Waals surface area contributed by atoms with Gasteiger partial charge in [-0.25, -0.2) is 0 Å². The Morgan fingerprint density at radius 3 is 2.64 bits per heavy atom. The number of aryl methyl sites for hydroxylation is 1. The molecule has 3 rings (SSSR count). The number of hydrogen-bond acceptors (Lipinski definition) is 2. The Morgan fingerprint density at radius 1 is 1.24 bits per heavy atom. The summed E-state index contributed by atoms with van der Waals surface area (Å²) in [6.45, 7) is 2.95. The van der Waals surface area contributed by atoms with E-state index in [0.29, 0.717) is 24.5 Å². The molecule has 0 bridgehead atoms. The van der Waals surface area contributed by atoms with Gasteiger partial charge in [0.05, 0.1) is 0 Å². The van der Waals surface area contributed by atoms with E-state index >= 15 is 0 Å². The number of carbonyl (C=O) groups excluding carboxylic acids is 2. The van der Waals surface area contributed by atoms with Crippen LogP contribution in [0.3, 0.4) is 0 Å². The monoisotopic (exact) mass is 356 g/mol. The Hall–Kier alpha value is -2.33. The standard InChI is InChI=1S/C20H21ClN2O2/c1-14-8-9-16(12-18(14)21)23-11-10-17(20(23)25)19(24)22(2)13-15-6-4-3-5-7-15/h3-9,12,17H,10-11,13H2,1-2H3/t17-/m1/s1. The molecule has 0 unspecified atom stereocenters. The molecule has 5 heteroatoms. The van der Waals surface area contributed by atoms with Gasteiger partial charge in [-0.2, -0.15) is 0 Å². The second-order valence-electron chi connectivity index (χ2n) is 6.44. The van der Waals surface area contributed by atoms with Gasteiger partial charge < -0.3 is 9.80 Å². The van der Waals surface area contributed by atoms with E-state index in [1.165, 1.54) is 0 Å². The summed E-state index contributed by atoms with van der Waals surface area (Å²) in [7, 11) is 1.74. The lowest BCUT2D eigenvalue weighted by atomic mass is 10.1. The van der Waals surface area contributed by atoms with Crippen LogP contribution in [0.1, 0.15) is 17.5 Å². The summed E-state index contributed by atoms with van der Waals surface area (Å²) in [4.78, 5) is 28.7. The van der Waals surface area contributed by atoms with Gasteiger partial charge in [0.2, 0.25) is 11.8 Å². The van der Waals surface area contributed by atoms with E-state index in [1.807, 2.05) is 49.4 Å². The molecule has 0 aromatic heterocycles. The largest absolute Gasteiger partial charge is 0.341 e. The number of hydrogen-bond donors (Lipinski definition) is 0. The van der Waals surface area contributed by atoms with E-state index in [2.05, 4.69) is 0 Å². The van der Waals surface area contributed by atoms with Crippen molar-refractivity contribution in [3.63, 3.8) is 0 Å². The molecule has 0 saturated carbocycles. The molecule has 2 amide bonds. The lowest BCUT2D eigenvalue weighted by Crippen LogP contribution is -2.37. The van der Waals surface area contributed by atoms with Crippen LogP contribution in [0, 0.1) is 12.8 Å². The summed E-state index contributed by atoms with van der Waals surface area (Å²) in [6.07, 6.45) is 0.530. The quantitative estimate of drug-likeness (QED) is 0.784. The molecule has 0 aliphatic carbocycles. The first kappa shape index (κ1) is 17.5. The minimum absolute atomic E-state index is 0.130. The van der Waals surface area contributed by atoms with Crippen molar-refractivity contribution in [3.05, 3.63) is 64.7 Å². The number of nitrogens with zero attached hydrogens (tertiary/aromatic N) is 2. The second kappa shape index (κ2) is 7.28. The van der Waals surface area contributed by atoms with E-state index < -0.39 is 5.92 Å². The van der Waals surface area contributed by atoms with E-state index in [9.17, 15) is 9.59 Å². The molecule has 1 aliphatic heterocycles. The van der Waals surface area contributed by atoms with Crippen LogP contribution in [0.25, 0.3) is 0 Å². The molecule has 0 radical (unpaired) electrons. The summed E-state index contributed by atoms with van der Waals surface area (Å²) < 4.78 is 0. The Morgan fingerprint density at radius 2 is 1.96 bits per heavy atom. The van der Waals surface area contributed by atoms with Crippen LogP contribution in [-0.4, -0.2) is 30.3 Å². The van der Waals surface area contributed by atoms with Crippen LogP contribution in [0.4, 0.5) is 5.69 Å². The molecule has 1 saturated heterocycles. The molecule has 1 fully saturated rings. The van der Waals surface area contributed by atoms with Crippen molar-refractivity contribution in [2.75, 3.05) is 18.5 Å². The maximum Gasteiger partial charge on any atom is 0.239 e. The molecule has 130 valence electrons. The molecule has 2 aromatic carbocycles. The van der Waals surface area contributed by atoms with Gasteiger partial charge in [-0.05, 0) is 36.6 Å². The molecular weight excluding hydrogens is 336 g/mol. The van der Waals surface area contributed by atoms with Crippen molar-refractivity contribution < 1.29 is 9.59 Å². The molecule has 1 aliphatic rings. The van der Waals surface area contributed by atoms with Crippen LogP contribution in [0.2, 0.25) is 5.02 Å². The highest BCUT2D eigenvalue weighted by atomic mass is 35.5. The van der Waals surface area contributed by atoms with E-state index in [-0.39, 0.29) is 11.8 Å². The number of rotatable bonds is 4. The fourth-order valence-electron chi connectivity index (χ4n) is 3.12. The Labute approximate surface area is 153 Å². The Bertz CT molecular complexity index is 792. The molecule has 1 heterocycles. The first-order valence-electron chi connectivity index (χ1n) is 8.34. The van der Waals surface area contributed by atoms with Gasteiger partial charge >= 0.3 is 0 Å². The zero-order chi connectivity index (χ0) is 18.0. The first-order valence-corrected chi connectivity index (χ1v) is 8.71. The van der Waals surface area contributed by atoms with Crippen LogP contribution in [0.5, 0.6) is 0 Å². The van der Waals surface area contributed by atoms with Gasteiger partial charge in [0.15, 0.2) is 0 Å².